The van der Waals surface area contributed by atoms with E-state index in [1.54, 1.807) is 11.3 Å². The fourth-order valence-corrected chi connectivity index (χ4v) is 2.90. The molecule has 78 valence electrons. The molecule has 0 aliphatic carbocycles. The number of rotatable bonds is 3. The highest BCUT2D eigenvalue weighted by Gasteiger charge is 2.32. The third-order valence-corrected chi connectivity index (χ3v) is 4.02. The second-order valence-corrected chi connectivity index (χ2v) is 5.26. The van der Waals surface area contributed by atoms with Gasteiger partial charge in [0.05, 0.1) is 10.7 Å². The zero-order chi connectivity index (χ0) is 10.0. The van der Waals surface area contributed by atoms with E-state index in [-0.39, 0.29) is 0 Å². The average molecular weight is 210 g/mol. The van der Waals surface area contributed by atoms with E-state index in [1.807, 2.05) is 0 Å². The van der Waals surface area contributed by atoms with E-state index >= 15 is 0 Å². The van der Waals surface area contributed by atoms with Gasteiger partial charge in [0.15, 0.2) is 0 Å². The van der Waals surface area contributed by atoms with Gasteiger partial charge in [-0.05, 0) is 32.7 Å². The summed E-state index contributed by atoms with van der Waals surface area (Å²) >= 11 is 1.76. The Labute approximate surface area is 89.8 Å². The lowest BCUT2D eigenvalue weighted by Gasteiger charge is -2.27. The van der Waals surface area contributed by atoms with Crippen molar-refractivity contribution >= 4 is 11.3 Å². The van der Waals surface area contributed by atoms with Gasteiger partial charge in [-0.15, -0.1) is 11.3 Å². The molecule has 1 N–H and O–H groups in total. The summed E-state index contributed by atoms with van der Waals surface area (Å²) in [6.07, 6.45) is 4.94. The van der Waals surface area contributed by atoms with Crippen molar-refractivity contribution in [1.82, 2.24) is 10.3 Å². The van der Waals surface area contributed by atoms with Crippen LogP contribution in [0.4, 0.5) is 0 Å². The number of hydrogen-bond donors (Lipinski definition) is 1. The van der Waals surface area contributed by atoms with Gasteiger partial charge < -0.3 is 5.32 Å². The second-order valence-electron chi connectivity index (χ2n) is 4.20. The van der Waals surface area contributed by atoms with Crippen molar-refractivity contribution in [2.24, 2.45) is 0 Å². The van der Waals surface area contributed by atoms with E-state index in [1.165, 1.54) is 36.5 Å². The second kappa shape index (κ2) is 3.99. The Bertz CT molecular complexity index is 300. The van der Waals surface area contributed by atoms with Gasteiger partial charge in [-0.25, -0.2) is 4.98 Å². The SMILES string of the molecule is CCC1(Cc2csc(C)n2)CCCN1. The van der Waals surface area contributed by atoms with Crippen molar-refractivity contribution < 1.29 is 0 Å². The molecule has 0 radical (unpaired) electrons. The van der Waals surface area contributed by atoms with Gasteiger partial charge in [0.2, 0.25) is 0 Å². The number of aromatic nitrogens is 1. The Balaban J connectivity index is 2.08. The Kier molecular flexibility index (Phi) is 2.88. The maximum Gasteiger partial charge on any atom is 0.0897 e. The van der Waals surface area contributed by atoms with Crippen molar-refractivity contribution in [2.75, 3.05) is 6.54 Å². The first kappa shape index (κ1) is 10.1. The van der Waals surface area contributed by atoms with Gasteiger partial charge in [0, 0.05) is 17.3 Å². The minimum absolute atomic E-state index is 0.348. The number of hydrogen-bond acceptors (Lipinski definition) is 3. The largest absolute Gasteiger partial charge is 0.311 e. The zero-order valence-electron chi connectivity index (χ0n) is 8.97. The molecule has 2 nitrogen and oxygen atoms in total. The molecule has 1 aliphatic rings. The van der Waals surface area contributed by atoms with E-state index in [2.05, 4.69) is 29.5 Å². The van der Waals surface area contributed by atoms with Gasteiger partial charge in [-0.2, -0.15) is 0 Å². The first-order valence-electron chi connectivity index (χ1n) is 5.40. The molecule has 0 aromatic carbocycles. The highest BCUT2D eigenvalue weighted by molar-refractivity contribution is 7.09. The molecule has 1 fully saturated rings. The summed E-state index contributed by atoms with van der Waals surface area (Å²) in [6.45, 7) is 5.53. The van der Waals surface area contributed by atoms with E-state index in [0.717, 1.165) is 6.42 Å². The van der Waals surface area contributed by atoms with Crippen LogP contribution in [-0.4, -0.2) is 17.1 Å². The third kappa shape index (κ3) is 1.98. The minimum atomic E-state index is 0.348. The number of aryl methyl sites for hydroxylation is 1. The molecule has 0 bridgehead atoms. The lowest BCUT2D eigenvalue weighted by molar-refractivity contribution is 0.357. The van der Waals surface area contributed by atoms with Gasteiger partial charge in [-0.1, -0.05) is 6.92 Å². The van der Waals surface area contributed by atoms with Crippen molar-refractivity contribution in [1.29, 1.82) is 0 Å². The van der Waals surface area contributed by atoms with E-state index in [0.29, 0.717) is 5.54 Å². The van der Waals surface area contributed by atoms with E-state index in [9.17, 15) is 0 Å². The lowest BCUT2D eigenvalue weighted by atomic mass is 9.89. The summed E-state index contributed by atoms with van der Waals surface area (Å²) < 4.78 is 0. The normalized spacial score (nSPS) is 27.0. The number of nitrogens with zero attached hydrogens (tertiary/aromatic N) is 1. The van der Waals surface area contributed by atoms with E-state index in [4.69, 9.17) is 0 Å². The predicted octanol–water partition coefficient (Wildman–Crippen LogP) is 2.53. The van der Waals surface area contributed by atoms with Crippen LogP contribution in [0.15, 0.2) is 5.38 Å². The molecule has 1 atom stereocenters. The van der Waals surface area contributed by atoms with Crippen molar-refractivity contribution in [3.8, 4) is 0 Å². The maximum absolute atomic E-state index is 4.55. The Morgan fingerprint density at radius 3 is 3.00 bits per heavy atom. The maximum atomic E-state index is 4.55. The molecule has 3 heteroatoms. The predicted molar refractivity (Wildman–Crippen MR) is 60.8 cm³/mol. The van der Waals surface area contributed by atoms with Crippen LogP contribution >= 0.6 is 11.3 Å². The molecule has 1 aromatic rings. The molecular formula is C11H18N2S. The van der Waals surface area contributed by atoms with Crippen LogP contribution in [0.2, 0.25) is 0 Å². The van der Waals surface area contributed by atoms with E-state index < -0.39 is 0 Å². The van der Waals surface area contributed by atoms with Crippen molar-refractivity contribution in [3.05, 3.63) is 16.1 Å². The van der Waals surface area contributed by atoms with Crippen LogP contribution < -0.4 is 5.32 Å². The Morgan fingerprint density at radius 2 is 2.50 bits per heavy atom. The van der Waals surface area contributed by atoms with Gasteiger partial charge in [0.25, 0.3) is 0 Å². The van der Waals surface area contributed by atoms with Crippen LogP contribution in [-0.2, 0) is 6.42 Å². The summed E-state index contributed by atoms with van der Waals surface area (Å²) in [5.41, 5.74) is 1.62. The molecule has 14 heavy (non-hydrogen) atoms. The molecule has 2 heterocycles. The lowest BCUT2D eigenvalue weighted by Crippen LogP contribution is -2.41. The summed E-state index contributed by atoms with van der Waals surface area (Å²) in [4.78, 5) is 4.55. The molecule has 0 amide bonds. The molecule has 1 unspecified atom stereocenters. The Morgan fingerprint density at radius 1 is 1.64 bits per heavy atom. The molecule has 1 saturated heterocycles. The van der Waals surface area contributed by atoms with Crippen molar-refractivity contribution in [3.63, 3.8) is 0 Å². The van der Waals surface area contributed by atoms with Crippen LogP contribution in [0.1, 0.15) is 36.9 Å². The Hall–Kier alpha value is -0.410. The van der Waals surface area contributed by atoms with Gasteiger partial charge >= 0.3 is 0 Å². The zero-order valence-corrected chi connectivity index (χ0v) is 9.78. The molecule has 1 aliphatic heterocycles. The number of thiazole rings is 1. The quantitative estimate of drug-likeness (QED) is 0.829. The van der Waals surface area contributed by atoms with Gasteiger partial charge in [-0.3, -0.25) is 0 Å². The minimum Gasteiger partial charge on any atom is -0.311 e. The molecular weight excluding hydrogens is 192 g/mol. The monoisotopic (exact) mass is 210 g/mol. The van der Waals surface area contributed by atoms with Crippen molar-refractivity contribution in [2.45, 2.75) is 45.1 Å². The van der Waals surface area contributed by atoms with Crippen LogP contribution in [0.3, 0.4) is 0 Å². The first-order chi connectivity index (χ1) is 6.74. The summed E-state index contributed by atoms with van der Waals surface area (Å²) in [5.74, 6) is 0. The van der Waals surface area contributed by atoms with Gasteiger partial charge in [0.1, 0.15) is 0 Å². The average Bonchev–Trinajstić information content (AvgIpc) is 2.77. The number of nitrogens with one attached hydrogen (secondary N) is 1. The standard InChI is InChI=1S/C11H18N2S/c1-3-11(5-4-6-12-11)7-10-8-14-9(2)13-10/h8,12H,3-7H2,1-2H3. The third-order valence-electron chi connectivity index (χ3n) is 3.19. The van der Waals surface area contributed by atoms with Crippen LogP contribution in [0.5, 0.6) is 0 Å². The fourth-order valence-electron chi connectivity index (χ4n) is 2.28. The summed E-state index contributed by atoms with van der Waals surface area (Å²) in [6, 6.07) is 0. The van der Waals surface area contributed by atoms with Crippen LogP contribution in [0, 0.1) is 6.92 Å². The van der Waals surface area contributed by atoms with Crippen LogP contribution in [0.25, 0.3) is 0 Å². The topological polar surface area (TPSA) is 24.9 Å². The molecule has 1 aromatic heterocycles. The molecule has 0 spiro atoms. The highest BCUT2D eigenvalue weighted by Crippen LogP contribution is 2.27. The first-order valence-corrected chi connectivity index (χ1v) is 6.28. The fraction of sp³-hybridized carbons (Fsp3) is 0.727. The highest BCUT2D eigenvalue weighted by atomic mass is 32.1. The molecule has 2 rings (SSSR count). The summed E-state index contributed by atoms with van der Waals surface area (Å²) in [5, 5.41) is 7.03. The smallest absolute Gasteiger partial charge is 0.0897 e. The summed E-state index contributed by atoms with van der Waals surface area (Å²) in [7, 11) is 0. The molecule has 0 saturated carbocycles.